The van der Waals surface area contributed by atoms with Crippen molar-refractivity contribution >= 4 is 22.0 Å². The number of nitrogens with zero attached hydrogens (tertiary/aromatic N) is 2. The van der Waals surface area contributed by atoms with Crippen LogP contribution < -0.4 is 5.73 Å². The van der Waals surface area contributed by atoms with Gasteiger partial charge in [-0.05, 0) is 62.9 Å². The summed E-state index contributed by atoms with van der Waals surface area (Å²) in [7, 11) is 0. The number of rotatable bonds is 1. The van der Waals surface area contributed by atoms with Gasteiger partial charge < -0.3 is 20.3 Å². The van der Waals surface area contributed by atoms with E-state index in [1.54, 1.807) is 4.90 Å². The number of piperazine rings is 1. The van der Waals surface area contributed by atoms with Gasteiger partial charge in [0.2, 0.25) is 0 Å². The van der Waals surface area contributed by atoms with E-state index in [0.717, 1.165) is 43.7 Å². The number of halogens is 1. The number of carbonyl (C=O) groups is 1. The molecule has 1 fully saturated rings. The molecule has 27 heavy (non-hydrogen) atoms. The first kappa shape index (κ1) is 21.9. The van der Waals surface area contributed by atoms with Crippen molar-refractivity contribution in [3.63, 3.8) is 0 Å². The van der Waals surface area contributed by atoms with Gasteiger partial charge in [-0.25, -0.2) is 4.79 Å². The molecule has 6 heteroatoms. The molecule has 2 aliphatic rings. The summed E-state index contributed by atoms with van der Waals surface area (Å²) in [6.07, 6.45) is 7.20. The molecule has 1 aliphatic heterocycles. The summed E-state index contributed by atoms with van der Waals surface area (Å²) < 4.78 is 6.75. The predicted molar refractivity (Wildman–Crippen MR) is 114 cm³/mol. The Morgan fingerprint density at radius 2 is 1.85 bits per heavy atom. The van der Waals surface area contributed by atoms with E-state index in [1.807, 2.05) is 20.8 Å². The molecule has 0 aromatic rings. The molecule has 0 saturated carbocycles. The van der Waals surface area contributed by atoms with Crippen molar-refractivity contribution in [1.29, 1.82) is 0 Å². The lowest BCUT2D eigenvalue weighted by Crippen LogP contribution is -2.50. The highest BCUT2D eigenvalue weighted by molar-refractivity contribution is 9.11. The molecule has 0 bridgehead atoms. The van der Waals surface area contributed by atoms with Crippen molar-refractivity contribution in [2.75, 3.05) is 26.2 Å². The number of hydrogen-bond donors (Lipinski definition) is 1. The van der Waals surface area contributed by atoms with Crippen LogP contribution in [0.15, 0.2) is 33.6 Å². The van der Waals surface area contributed by atoms with Gasteiger partial charge in [0.15, 0.2) is 0 Å². The molecular weight excluding hydrogens is 406 g/mol. The van der Waals surface area contributed by atoms with E-state index in [-0.39, 0.29) is 6.09 Å². The van der Waals surface area contributed by atoms with Crippen LogP contribution >= 0.6 is 15.9 Å². The van der Waals surface area contributed by atoms with Crippen LogP contribution in [0, 0.1) is 5.92 Å². The maximum Gasteiger partial charge on any atom is 0.410 e. The Kier molecular flexibility index (Phi) is 7.43. The minimum absolute atomic E-state index is 0.231. The van der Waals surface area contributed by atoms with Gasteiger partial charge in [0.25, 0.3) is 0 Å². The molecule has 2 rings (SSSR count). The van der Waals surface area contributed by atoms with Crippen LogP contribution in [0.2, 0.25) is 0 Å². The van der Waals surface area contributed by atoms with Crippen LogP contribution in [0.25, 0.3) is 0 Å². The summed E-state index contributed by atoms with van der Waals surface area (Å²) >= 11 is 3.67. The first-order chi connectivity index (χ1) is 12.6. The topological polar surface area (TPSA) is 58.8 Å². The molecule has 0 aromatic carbocycles. The number of nitrogens with two attached hydrogens (primary N) is 1. The van der Waals surface area contributed by atoms with Crippen molar-refractivity contribution in [3.8, 4) is 0 Å². The molecule has 1 aliphatic carbocycles. The molecule has 0 radical (unpaired) electrons. The van der Waals surface area contributed by atoms with Crippen LogP contribution in [-0.4, -0.2) is 47.7 Å². The highest BCUT2D eigenvalue weighted by Gasteiger charge is 2.27. The second kappa shape index (κ2) is 9.18. The SMILES string of the molecule is C/C1=C(N)/C(N2CCN(C(=O)OC(C)(C)C)CC2)=C/CC(C)/C=C(/Br)CC1. The molecule has 1 saturated heterocycles. The molecule has 1 unspecified atom stereocenters. The summed E-state index contributed by atoms with van der Waals surface area (Å²) in [5.74, 6) is 0.462. The Balaban J connectivity index is 2.10. The van der Waals surface area contributed by atoms with Gasteiger partial charge in [-0.2, -0.15) is 0 Å². The molecular formula is C21H34BrN3O2. The molecule has 0 spiro atoms. The highest BCUT2D eigenvalue weighted by atomic mass is 79.9. The fourth-order valence-corrected chi connectivity index (χ4v) is 3.93. The van der Waals surface area contributed by atoms with Crippen LogP contribution in [-0.2, 0) is 4.74 Å². The largest absolute Gasteiger partial charge is 0.444 e. The molecule has 1 heterocycles. The van der Waals surface area contributed by atoms with Crippen LogP contribution in [0.1, 0.15) is 53.9 Å². The van der Waals surface area contributed by atoms with Gasteiger partial charge in [-0.3, -0.25) is 0 Å². The first-order valence-electron chi connectivity index (χ1n) is 9.81. The van der Waals surface area contributed by atoms with Crippen LogP contribution in [0.5, 0.6) is 0 Å². The molecule has 2 N–H and O–H groups in total. The van der Waals surface area contributed by atoms with Gasteiger partial charge in [0.05, 0.1) is 11.4 Å². The zero-order valence-corrected chi connectivity index (χ0v) is 18.9. The minimum atomic E-state index is -0.463. The fourth-order valence-electron chi connectivity index (χ4n) is 3.28. The van der Waals surface area contributed by atoms with E-state index >= 15 is 0 Å². The third-order valence-electron chi connectivity index (χ3n) is 4.89. The normalized spacial score (nSPS) is 29.5. The smallest absolute Gasteiger partial charge is 0.410 e. The van der Waals surface area contributed by atoms with E-state index in [0.29, 0.717) is 19.0 Å². The van der Waals surface area contributed by atoms with Gasteiger partial charge in [0.1, 0.15) is 5.60 Å². The second-order valence-corrected chi connectivity index (χ2v) is 9.58. The zero-order chi connectivity index (χ0) is 20.2. The van der Waals surface area contributed by atoms with E-state index < -0.39 is 5.60 Å². The lowest BCUT2D eigenvalue weighted by atomic mass is 9.99. The number of carbonyl (C=O) groups excluding carboxylic acids is 1. The van der Waals surface area contributed by atoms with Crippen molar-refractivity contribution in [3.05, 3.63) is 33.6 Å². The Hall–Kier alpha value is -1.43. The van der Waals surface area contributed by atoms with E-state index in [1.165, 1.54) is 10.1 Å². The number of hydrogen-bond acceptors (Lipinski definition) is 4. The maximum absolute atomic E-state index is 12.3. The quantitative estimate of drug-likeness (QED) is 0.639. The molecule has 1 atom stereocenters. The lowest BCUT2D eigenvalue weighted by molar-refractivity contribution is 0.0170. The zero-order valence-electron chi connectivity index (χ0n) is 17.3. The van der Waals surface area contributed by atoms with E-state index in [2.05, 4.69) is 46.8 Å². The summed E-state index contributed by atoms with van der Waals surface area (Å²) in [4.78, 5) is 16.4. The molecule has 0 aromatic heterocycles. The van der Waals surface area contributed by atoms with Crippen molar-refractivity contribution in [2.24, 2.45) is 11.7 Å². The number of amides is 1. The van der Waals surface area contributed by atoms with Crippen molar-refractivity contribution in [2.45, 2.75) is 59.5 Å². The van der Waals surface area contributed by atoms with Gasteiger partial charge in [-0.1, -0.05) is 35.0 Å². The van der Waals surface area contributed by atoms with Gasteiger partial charge in [-0.15, -0.1) is 0 Å². The monoisotopic (exact) mass is 439 g/mol. The Bertz CT molecular complexity index is 638. The minimum Gasteiger partial charge on any atom is -0.444 e. The summed E-state index contributed by atoms with van der Waals surface area (Å²) in [5.41, 5.74) is 9.30. The number of allylic oxidation sites excluding steroid dienone is 4. The van der Waals surface area contributed by atoms with Gasteiger partial charge in [0, 0.05) is 26.2 Å². The second-order valence-electron chi connectivity index (χ2n) is 8.56. The summed E-state index contributed by atoms with van der Waals surface area (Å²) in [5, 5.41) is 0. The Morgan fingerprint density at radius 3 is 2.44 bits per heavy atom. The summed E-state index contributed by atoms with van der Waals surface area (Å²) in [6.45, 7) is 12.9. The predicted octanol–water partition coefficient (Wildman–Crippen LogP) is 4.75. The van der Waals surface area contributed by atoms with Crippen molar-refractivity contribution < 1.29 is 9.53 Å². The summed E-state index contributed by atoms with van der Waals surface area (Å²) in [6, 6.07) is 0. The third-order valence-corrected chi connectivity index (χ3v) is 5.56. The third kappa shape index (κ3) is 6.59. The molecule has 5 nitrogen and oxygen atoms in total. The van der Waals surface area contributed by atoms with Crippen LogP contribution in [0.3, 0.4) is 0 Å². The average molecular weight is 440 g/mol. The first-order valence-corrected chi connectivity index (χ1v) is 10.6. The van der Waals surface area contributed by atoms with E-state index in [9.17, 15) is 4.79 Å². The molecule has 1 amide bonds. The Morgan fingerprint density at radius 1 is 1.22 bits per heavy atom. The Labute approximate surface area is 172 Å². The van der Waals surface area contributed by atoms with Crippen LogP contribution in [0.4, 0.5) is 4.79 Å². The number of ether oxygens (including phenoxy) is 1. The van der Waals surface area contributed by atoms with Crippen molar-refractivity contribution in [1.82, 2.24) is 9.80 Å². The standard InChI is InChI=1S/C21H34BrN3O2/c1-15-6-9-18(19(23)16(2)7-8-17(22)14-15)24-10-12-25(13-11-24)20(26)27-21(3,4)5/h9,14-15H,6-8,10-13,23H2,1-5H3/b17-14+,18-9-,19-16+. The van der Waals surface area contributed by atoms with Gasteiger partial charge >= 0.3 is 6.09 Å². The van der Waals surface area contributed by atoms with E-state index in [4.69, 9.17) is 10.5 Å². The highest BCUT2D eigenvalue weighted by Crippen LogP contribution is 2.27. The average Bonchev–Trinajstić information content (AvgIpc) is 2.58. The maximum atomic E-state index is 12.3. The fraction of sp³-hybridized carbons (Fsp3) is 0.667. The molecule has 152 valence electrons. The lowest BCUT2D eigenvalue weighted by Gasteiger charge is -2.38.